The molecule has 2 aromatic carbocycles. The molecule has 0 aliphatic rings. The van der Waals surface area contributed by atoms with Crippen LogP contribution in [0.1, 0.15) is 5.56 Å². The van der Waals surface area contributed by atoms with Crippen molar-refractivity contribution in [3.05, 3.63) is 78.5 Å². The number of benzene rings is 2. The molecule has 0 saturated carbocycles. The van der Waals surface area contributed by atoms with E-state index in [9.17, 15) is 10.1 Å². The zero-order chi connectivity index (χ0) is 21.6. The quantitative estimate of drug-likeness (QED) is 0.370. The second-order valence-electron chi connectivity index (χ2n) is 6.66. The van der Waals surface area contributed by atoms with E-state index in [-0.39, 0.29) is 17.5 Å². The van der Waals surface area contributed by atoms with E-state index in [4.69, 9.17) is 9.51 Å². The van der Waals surface area contributed by atoms with Crippen LogP contribution in [0.2, 0.25) is 0 Å². The van der Waals surface area contributed by atoms with Gasteiger partial charge in [0.15, 0.2) is 12.3 Å². The van der Waals surface area contributed by atoms with Crippen molar-refractivity contribution in [3.63, 3.8) is 0 Å². The highest BCUT2D eigenvalue weighted by Crippen LogP contribution is 2.34. The molecule has 0 fully saturated rings. The minimum atomic E-state index is -0.279. The maximum Gasteiger partial charge on any atom is 0.302 e. The maximum atomic E-state index is 12.4. The van der Waals surface area contributed by atoms with E-state index in [0.717, 1.165) is 22.4 Å². The monoisotopic (exact) mass is 428 g/mol. The predicted octanol–water partition coefficient (Wildman–Crippen LogP) is 3.83. The second-order valence-corrected chi connectivity index (χ2v) is 7.62. The van der Waals surface area contributed by atoms with Gasteiger partial charge >= 0.3 is 5.88 Å². The van der Waals surface area contributed by atoms with Crippen molar-refractivity contribution >= 4 is 23.6 Å². The standard InChI is InChI=1S/C23H17N5O2S/c1-28-14-22(30-27-28)26-21(29)15-31-23-19(13-24)18(16-8-4-2-5-9-16)12-20(25-23)17-10-6-3-7-11-17/h2-12,14H,15H2,1H3/p+1. The summed E-state index contributed by atoms with van der Waals surface area (Å²) in [5, 5.41) is 16.7. The molecule has 1 amide bonds. The molecule has 0 saturated heterocycles. The molecule has 0 aliphatic heterocycles. The van der Waals surface area contributed by atoms with Crippen molar-refractivity contribution in [2.75, 3.05) is 11.1 Å². The Kier molecular flexibility index (Phi) is 6.05. The molecule has 2 heterocycles. The van der Waals surface area contributed by atoms with E-state index in [1.54, 1.807) is 13.2 Å². The fourth-order valence-electron chi connectivity index (χ4n) is 3.02. The number of pyridine rings is 1. The number of rotatable bonds is 6. The van der Waals surface area contributed by atoms with Crippen LogP contribution in [0.15, 0.2) is 82.5 Å². The summed E-state index contributed by atoms with van der Waals surface area (Å²) in [6.45, 7) is 0. The number of carbonyl (C=O) groups is 1. The van der Waals surface area contributed by atoms with Gasteiger partial charge in [-0.05, 0) is 11.6 Å². The molecule has 8 heteroatoms. The van der Waals surface area contributed by atoms with E-state index in [2.05, 4.69) is 16.7 Å². The van der Waals surface area contributed by atoms with Crippen LogP contribution >= 0.6 is 11.8 Å². The van der Waals surface area contributed by atoms with Crippen LogP contribution in [0.25, 0.3) is 22.4 Å². The van der Waals surface area contributed by atoms with Gasteiger partial charge in [0.1, 0.15) is 11.1 Å². The molecule has 1 N–H and O–H groups in total. The molecule has 7 nitrogen and oxygen atoms in total. The van der Waals surface area contributed by atoms with Gasteiger partial charge in [-0.1, -0.05) is 77.1 Å². The van der Waals surface area contributed by atoms with Crippen molar-refractivity contribution in [2.24, 2.45) is 7.05 Å². The molecule has 0 atom stereocenters. The molecule has 2 aromatic heterocycles. The number of nitrogens with zero attached hydrogens (tertiary/aromatic N) is 4. The van der Waals surface area contributed by atoms with Gasteiger partial charge in [0.25, 0.3) is 6.20 Å². The SMILES string of the molecule is C[n+]1cc(NC(=O)CSc2nc(-c3ccccc3)cc(-c3ccccc3)c2C#N)on1. The third-order valence-corrected chi connectivity index (χ3v) is 5.40. The molecule has 0 spiro atoms. The fraction of sp³-hybridized carbons (Fsp3) is 0.0870. The summed E-state index contributed by atoms with van der Waals surface area (Å²) >= 11 is 1.21. The Bertz CT molecular complexity index is 1250. The first-order chi connectivity index (χ1) is 15.1. The number of thioether (sulfide) groups is 1. The second kappa shape index (κ2) is 9.24. The van der Waals surface area contributed by atoms with Crippen LogP contribution in [0.5, 0.6) is 0 Å². The maximum absolute atomic E-state index is 12.4. The molecule has 31 heavy (non-hydrogen) atoms. The first-order valence-electron chi connectivity index (χ1n) is 9.45. The molecule has 0 bridgehead atoms. The Labute approximate surface area is 183 Å². The average Bonchev–Trinajstić information content (AvgIpc) is 3.22. The summed E-state index contributed by atoms with van der Waals surface area (Å²) < 4.78 is 6.44. The number of nitrogens with one attached hydrogen (secondary N) is 1. The number of hydrogen-bond acceptors (Lipinski definition) is 6. The molecule has 4 rings (SSSR count). The molecule has 152 valence electrons. The Morgan fingerprint density at radius 2 is 1.81 bits per heavy atom. The lowest BCUT2D eigenvalue weighted by atomic mass is 9.99. The van der Waals surface area contributed by atoms with Crippen molar-refractivity contribution in [3.8, 4) is 28.5 Å². The lowest BCUT2D eigenvalue weighted by Crippen LogP contribution is -2.28. The van der Waals surface area contributed by atoms with E-state index in [1.165, 1.54) is 16.4 Å². The first-order valence-corrected chi connectivity index (χ1v) is 10.4. The van der Waals surface area contributed by atoms with Gasteiger partial charge in [-0.3, -0.25) is 14.6 Å². The van der Waals surface area contributed by atoms with Gasteiger partial charge in [-0.2, -0.15) is 5.26 Å². The van der Waals surface area contributed by atoms with Gasteiger partial charge in [0.2, 0.25) is 5.91 Å². The van der Waals surface area contributed by atoms with E-state index in [0.29, 0.717) is 10.6 Å². The molecule has 0 aliphatic carbocycles. The van der Waals surface area contributed by atoms with Gasteiger partial charge in [-0.25, -0.2) is 4.98 Å². The highest BCUT2D eigenvalue weighted by atomic mass is 32.2. The summed E-state index contributed by atoms with van der Waals surface area (Å²) in [5.74, 6) is 0.0434. The van der Waals surface area contributed by atoms with Gasteiger partial charge < -0.3 is 0 Å². The number of aromatic nitrogens is 3. The fourth-order valence-corrected chi connectivity index (χ4v) is 3.83. The summed E-state index contributed by atoms with van der Waals surface area (Å²) in [7, 11) is 1.69. The molecule has 0 radical (unpaired) electrons. The van der Waals surface area contributed by atoms with Crippen LogP contribution in [0.3, 0.4) is 0 Å². The van der Waals surface area contributed by atoms with E-state index in [1.807, 2.05) is 66.7 Å². The summed E-state index contributed by atoms with van der Waals surface area (Å²) in [5.41, 5.74) is 3.81. The van der Waals surface area contributed by atoms with Crippen LogP contribution in [-0.2, 0) is 11.8 Å². The Morgan fingerprint density at radius 1 is 1.13 bits per heavy atom. The Morgan fingerprint density at radius 3 is 2.42 bits per heavy atom. The smallest absolute Gasteiger partial charge is 0.288 e. The third kappa shape index (κ3) is 4.79. The predicted molar refractivity (Wildman–Crippen MR) is 117 cm³/mol. The Balaban J connectivity index is 1.68. The number of amides is 1. The van der Waals surface area contributed by atoms with Crippen LogP contribution < -0.4 is 10.00 Å². The highest BCUT2D eigenvalue weighted by molar-refractivity contribution is 8.00. The van der Waals surface area contributed by atoms with E-state index < -0.39 is 0 Å². The largest absolute Gasteiger partial charge is 0.302 e. The lowest BCUT2D eigenvalue weighted by Gasteiger charge is -2.12. The number of nitriles is 1. The van der Waals surface area contributed by atoms with Gasteiger partial charge in [-0.15, -0.1) is 0 Å². The minimum Gasteiger partial charge on any atom is -0.288 e. The minimum absolute atomic E-state index is 0.0680. The number of aryl methyl sites for hydroxylation is 1. The molecule has 4 aromatic rings. The molecule has 0 unspecified atom stereocenters. The van der Waals surface area contributed by atoms with Crippen molar-refractivity contribution in [1.82, 2.24) is 10.3 Å². The van der Waals surface area contributed by atoms with Gasteiger partial charge in [0, 0.05) is 11.1 Å². The topological polar surface area (TPSA) is 95.7 Å². The van der Waals surface area contributed by atoms with Crippen LogP contribution in [0.4, 0.5) is 5.88 Å². The molecular weight excluding hydrogens is 410 g/mol. The number of carbonyl (C=O) groups excluding carboxylic acids is 1. The van der Waals surface area contributed by atoms with Crippen LogP contribution in [0, 0.1) is 11.3 Å². The normalized spacial score (nSPS) is 10.5. The highest BCUT2D eigenvalue weighted by Gasteiger charge is 2.18. The van der Waals surface area contributed by atoms with E-state index >= 15 is 0 Å². The number of hydrogen-bond donors (Lipinski definition) is 1. The number of anilines is 1. The lowest BCUT2D eigenvalue weighted by molar-refractivity contribution is -0.739. The summed E-state index contributed by atoms with van der Waals surface area (Å²) in [6, 6.07) is 23.6. The van der Waals surface area contributed by atoms with Gasteiger partial charge in [0.05, 0.1) is 17.0 Å². The first kappa shape index (κ1) is 20.3. The zero-order valence-corrected chi connectivity index (χ0v) is 17.5. The van der Waals surface area contributed by atoms with Crippen molar-refractivity contribution in [1.29, 1.82) is 5.26 Å². The van der Waals surface area contributed by atoms with Crippen LogP contribution in [-0.4, -0.2) is 21.9 Å². The van der Waals surface area contributed by atoms with Crippen molar-refractivity contribution in [2.45, 2.75) is 5.03 Å². The molecular formula is C23H18N5O2S+. The summed E-state index contributed by atoms with van der Waals surface area (Å²) in [6.07, 6.45) is 1.56. The Hall–Kier alpha value is -3.96. The average molecular weight is 428 g/mol. The summed E-state index contributed by atoms with van der Waals surface area (Å²) in [4.78, 5) is 17.1. The third-order valence-electron chi connectivity index (χ3n) is 4.43. The zero-order valence-electron chi connectivity index (χ0n) is 16.6. The van der Waals surface area contributed by atoms with Crippen molar-refractivity contribution < 1.29 is 14.0 Å².